The summed E-state index contributed by atoms with van der Waals surface area (Å²) in [7, 11) is 0. The number of nitrogens with zero attached hydrogens (tertiary/aromatic N) is 2. The molecular weight excluding hydrogens is 392 g/mol. The number of aromatic nitrogens is 2. The molecule has 0 aliphatic carbocycles. The second kappa shape index (κ2) is 9.68. The van der Waals surface area contributed by atoms with Gasteiger partial charge in [0.15, 0.2) is 0 Å². The Hall–Kier alpha value is -3.29. The number of carbonyl (C=O) groups excluding carboxylic acids is 1. The van der Waals surface area contributed by atoms with E-state index in [2.05, 4.69) is 15.6 Å². The van der Waals surface area contributed by atoms with Gasteiger partial charge in [0.1, 0.15) is 6.54 Å². The molecule has 160 valence electrons. The molecule has 2 aromatic carbocycles. The van der Waals surface area contributed by atoms with E-state index in [1.165, 1.54) is 23.2 Å². The minimum absolute atomic E-state index is 0.0573. The summed E-state index contributed by atoms with van der Waals surface area (Å²) in [5, 5.41) is 17.0. The van der Waals surface area contributed by atoms with Crippen LogP contribution in [-0.2, 0) is 17.8 Å². The molecule has 1 aliphatic heterocycles. The van der Waals surface area contributed by atoms with Gasteiger partial charge in [0.2, 0.25) is 5.91 Å². The van der Waals surface area contributed by atoms with Crippen LogP contribution in [0.3, 0.4) is 0 Å². The lowest BCUT2D eigenvalue weighted by atomic mass is 10.0. The van der Waals surface area contributed by atoms with Crippen molar-refractivity contribution in [3.05, 3.63) is 94.7 Å². The van der Waals surface area contributed by atoms with Crippen molar-refractivity contribution < 1.29 is 9.90 Å². The normalized spacial score (nSPS) is 19.1. The van der Waals surface area contributed by atoms with Crippen molar-refractivity contribution in [2.45, 2.75) is 44.0 Å². The number of benzene rings is 2. The predicted molar refractivity (Wildman–Crippen MR) is 119 cm³/mol. The molecule has 0 saturated carbocycles. The Bertz CT molecular complexity index is 1070. The summed E-state index contributed by atoms with van der Waals surface area (Å²) in [6.45, 7) is -0.0778. The Morgan fingerprint density at radius 3 is 2.65 bits per heavy atom. The van der Waals surface area contributed by atoms with Crippen molar-refractivity contribution in [2.75, 3.05) is 5.32 Å². The number of amides is 1. The van der Waals surface area contributed by atoms with E-state index in [1.807, 2.05) is 54.6 Å². The lowest BCUT2D eigenvalue weighted by molar-refractivity contribution is -0.116. The van der Waals surface area contributed by atoms with E-state index >= 15 is 0 Å². The SMILES string of the molecule is O=C(Cn1cnccc1=O)Nc1ccc(CC2CCC(C(O)c3ccccc3)N2)cc1. The maximum absolute atomic E-state index is 12.2. The van der Waals surface area contributed by atoms with Crippen LogP contribution in [0, 0.1) is 0 Å². The number of carbonyl (C=O) groups is 1. The molecule has 1 aromatic heterocycles. The van der Waals surface area contributed by atoms with Gasteiger partial charge < -0.3 is 15.7 Å². The van der Waals surface area contributed by atoms with Gasteiger partial charge in [-0.1, -0.05) is 42.5 Å². The van der Waals surface area contributed by atoms with Crippen LogP contribution in [0.15, 0.2) is 78.0 Å². The largest absolute Gasteiger partial charge is 0.387 e. The van der Waals surface area contributed by atoms with Crippen molar-refractivity contribution in [1.29, 1.82) is 0 Å². The molecule has 0 spiro atoms. The number of nitrogens with one attached hydrogen (secondary N) is 2. The molecule has 7 heteroatoms. The first-order valence-corrected chi connectivity index (χ1v) is 10.5. The second-order valence-electron chi connectivity index (χ2n) is 7.90. The average molecular weight is 418 g/mol. The fraction of sp³-hybridized carbons (Fsp3) is 0.292. The first kappa shape index (κ1) is 21.0. The number of hydrogen-bond donors (Lipinski definition) is 3. The molecule has 31 heavy (non-hydrogen) atoms. The summed E-state index contributed by atoms with van der Waals surface area (Å²) in [5.74, 6) is -0.280. The number of aliphatic hydroxyl groups excluding tert-OH is 1. The molecule has 1 amide bonds. The summed E-state index contributed by atoms with van der Waals surface area (Å²) < 4.78 is 1.26. The second-order valence-corrected chi connectivity index (χ2v) is 7.90. The standard InChI is InChI=1S/C24H26N4O3/c29-22(15-28-16-25-13-12-23(28)30)27-19-8-6-17(7-9-19)14-20-10-11-21(26-20)24(31)18-4-2-1-3-5-18/h1-9,12-13,16,20-21,24,26,31H,10-11,14-15H2,(H,27,29). The zero-order valence-electron chi connectivity index (χ0n) is 17.1. The van der Waals surface area contributed by atoms with Gasteiger partial charge in [-0.2, -0.15) is 0 Å². The Balaban J connectivity index is 1.28. The Labute approximate surface area is 180 Å². The Morgan fingerprint density at radius 2 is 1.90 bits per heavy atom. The zero-order valence-corrected chi connectivity index (χ0v) is 17.1. The van der Waals surface area contributed by atoms with Crippen molar-refractivity contribution in [1.82, 2.24) is 14.9 Å². The third-order valence-corrected chi connectivity index (χ3v) is 5.62. The predicted octanol–water partition coefficient (Wildman–Crippen LogP) is 2.28. The van der Waals surface area contributed by atoms with E-state index < -0.39 is 6.10 Å². The number of aliphatic hydroxyl groups is 1. The van der Waals surface area contributed by atoms with Crippen LogP contribution in [0.2, 0.25) is 0 Å². The van der Waals surface area contributed by atoms with Crippen LogP contribution < -0.4 is 16.2 Å². The lowest BCUT2D eigenvalue weighted by Crippen LogP contribution is -2.35. The minimum atomic E-state index is -0.504. The molecule has 7 nitrogen and oxygen atoms in total. The molecule has 0 radical (unpaired) electrons. The van der Waals surface area contributed by atoms with E-state index in [0.717, 1.165) is 30.4 Å². The molecule has 2 heterocycles. The topological polar surface area (TPSA) is 96.2 Å². The quantitative estimate of drug-likeness (QED) is 0.547. The van der Waals surface area contributed by atoms with Gasteiger partial charge in [-0.25, -0.2) is 4.98 Å². The third-order valence-electron chi connectivity index (χ3n) is 5.62. The Morgan fingerprint density at radius 1 is 1.13 bits per heavy atom. The number of anilines is 1. The van der Waals surface area contributed by atoms with Crippen LogP contribution in [0.5, 0.6) is 0 Å². The molecule has 3 unspecified atom stereocenters. The first-order chi connectivity index (χ1) is 15.1. The van der Waals surface area contributed by atoms with Crippen LogP contribution in [-0.4, -0.2) is 32.6 Å². The molecule has 3 atom stereocenters. The van der Waals surface area contributed by atoms with Crippen molar-refractivity contribution in [2.24, 2.45) is 0 Å². The van der Waals surface area contributed by atoms with Crippen LogP contribution >= 0.6 is 0 Å². The molecule has 3 aromatic rings. The van der Waals surface area contributed by atoms with Crippen molar-refractivity contribution >= 4 is 11.6 Å². The molecule has 1 fully saturated rings. The summed E-state index contributed by atoms with van der Waals surface area (Å²) in [6.07, 6.45) is 5.05. The van der Waals surface area contributed by atoms with Crippen LogP contribution in [0.1, 0.15) is 30.1 Å². The van der Waals surface area contributed by atoms with Gasteiger partial charge in [0.25, 0.3) is 5.56 Å². The fourth-order valence-electron chi connectivity index (χ4n) is 4.00. The van der Waals surface area contributed by atoms with Crippen LogP contribution in [0.25, 0.3) is 0 Å². The van der Waals surface area contributed by atoms with E-state index in [0.29, 0.717) is 11.7 Å². The van der Waals surface area contributed by atoms with Gasteiger partial charge in [-0.15, -0.1) is 0 Å². The molecule has 4 rings (SSSR count). The maximum atomic E-state index is 12.2. The van der Waals surface area contributed by atoms with E-state index in [9.17, 15) is 14.7 Å². The van der Waals surface area contributed by atoms with Gasteiger partial charge in [-0.05, 0) is 42.5 Å². The highest BCUT2D eigenvalue weighted by atomic mass is 16.3. The maximum Gasteiger partial charge on any atom is 0.253 e. The fourth-order valence-corrected chi connectivity index (χ4v) is 4.00. The summed E-state index contributed by atoms with van der Waals surface area (Å²) in [4.78, 5) is 27.7. The molecule has 0 bridgehead atoms. The van der Waals surface area contributed by atoms with Crippen molar-refractivity contribution in [3.8, 4) is 0 Å². The molecule has 3 N–H and O–H groups in total. The minimum Gasteiger partial charge on any atom is -0.387 e. The van der Waals surface area contributed by atoms with E-state index in [1.54, 1.807) is 0 Å². The average Bonchev–Trinajstić information content (AvgIpc) is 3.25. The molecule has 1 aliphatic rings. The van der Waals surface area contributed by atoms with Gasteiger partial charge in [0, 0.05) is 30.0 Å². The third kappa shape index (κ3) is 5.45. The van der Waals surface area contributed by atoms with Gasteiger partial charge in [0.05, 0.1) is 12.4 Å². The highest BCUT2D eigenvalue weighted by Crippen LogP contribution is 2.26. The molecule has 1 saturated heterocycles. The highest BCUT2D eigenvalue weighted by Gasteiger charge is 2.29. The number of hydrogen-bond acceptors (Lipinski definition) is 5. The molecular formula is C24H26N4O3. The smallest absolute Gasteiger partial charge is 0.253 e. The highest BCUT2D eigenvalue weighted by molar-refractivity contribution is 5.90. The van der Waals surface area contributed by atoms with Crippen molar-refractivity contribution in [3.63, 3.8) is 0 Å². The summed E-state index contributed by atoms with van der Waals surface area (Å²) in [6, 6.07) is 19.2. The lowest BCUT2D eigenvalue weighted by Gasteiger charge is -2.20. The van der Waals surface area contributed by atoms with Crippen LogP contribution in [0.4, 0.5) is 5.69 Å². The van der Waals surface area contributed by atoms with E-state index in [4.69, 9.17) is 0 Å². The first-order valence-electron chi connectivity index (χ1n) is 10.5. The summed E-state index contributed by atoms with van der Waals surface area (Å²) in [5.41, 5.74) is 2.52. The van der Waals surface area contributed by atoms with E-state index in [-0.39, 0.29) is 24.1 Å². The van der Waals surface area contributed by atoms with Gasteiger partial charge in [-0.3, -0.25) is 14.2 Å². The zero-order chi connectivity index (χ0) is 21.6. The monoisotopic (exact) mass is 418 g/mol. The summed E-state index contributed by atoms with van der Waals surface area (Å²) >= 11 is 0. The number of rotatable bonds is 7. The van der Waals surface area contributed by atoms with Gasteiger partial charge >= 0.3 is 0 Å². The Kier molecular flexibility index (Phi) is 6.54.